The lowest BCUT2D eigenvalue weighted by Crippen LogP contribution is -2.01. The number of phenolic OH excluding ortho intramolecular Hbond substituents is 1. The summed E-state index contributed by atoms with van der Waals surface area (Å²) in [6.45, 7) is 0. The van der Waals surface area contributed by atoms with E-state index in [0.29, 0.717) is 5.75 Å². The van der Waals surface area contributed by atoms with Crippen LogP contribution in [0.3, 0.4) is 0 Å². The zero-order chi connectivity index (χ0) is 11.7. The molecule has 1 aliphatic heterocycles. The molecule has 0 bridgehead atoms. The van der Waals surface area contributed by atoms with Gasteiger partial charge in [-0.25, -0.2) is 9.59 Å². The number of methoxy groups -OCH3 is 1. The Bertz CT molecular complexity index is 501. The van der Waals surface area contributed by atoms with Crippen LogP contribution in [0.4, 0.5) is 0 Å². The molecule has 0 saturated heterocycles. The number of benzene rings is 1. The summed E-state index contributed by atoms with van der Waals surface area (Å²) in [6, 6.07) is 4.38. The summed E-state index contributed by atoms with van der Waals surface area (Å²) in [6.07, 6.45) is 1.04. The van der Waals surface area contributed by atoms with Gasteiger partial charge in [0.05, 0.1) is 12.7 Å². The van der Waals surface area contributed by atoms with E-state index in [1.165, 1.54) is 19.2 Å². The third kappa shape index (κ3) is 1.63. The van der Waals surface area contributed by atoms with Gasteiger partial charge in [0.15, 0.2) is 0 Å². The Hall–Kier alpha value is -2.30. The van der Waals surface area contributed by atoms with Crippen molar-refractivity contribution in [3.63, 3.8) is 0 Å². The molecule has 16 heavy (non-hydrogen) atoms. The molecule has 0 aliphatic carbocycles. The Morgan fingerprint density at radius 2 is 2.06 bits per heavy atom. The molecule has 0 atom stereocenters. The molecule has 0 saturated carbocycles. The highest BCUT2D eigenvalue weighted by molar-refractivity contribution is 6.28. The van der Waals surface area contributed by atoms with Crippen LogP contribution < -0.4 is 4.74 Å². The van der Waals surface area contributed by atoms with E-state index >= 15 is 0 Å². The molecule has 0 amide bonds. The van der Waals surface area contributed by atoms with Crippen molar-refractivity contribution in [2.75, 3.05) is 7.11 Å². The second-order valence-corrected chi connectivity index (χ2v) is 3.15. The Kier molecular flexibility index (Phi) is 2.36. The topological polar surface area (TPSA) is 72.8 Å². The van der Waals surface area contributed by atoms with E-state index in [9.17, 15) is 14.7 Å². The molecule has 0 aromatic heterocycles. The largest absolute Gasteiger partial charge is 0.507 e. The average molecular weight is 220 g/mol. The minimum absolute atomic E-state index is 0.0291. The molecule has 0 spiro atoms. The molecule has 1 heterocycles. The van der Waals surface area contributed by atoms with E-state index in [2.05, 4.69) is 4.74 Å². The molecule has 1 N–H and O–H groups in total. The summed E-state index contributed by atoms with van der Waals surface area (Å²) in [5.74, 6) is -1.14. The summed E-state index contributed by atoms with van der Waals surface area (Å²) in [5.41, 5.74) is 0.247. The van der Waals surface area contributed by atoms with Crippen LogP contribution in [0.1, 0.15) is 5.56 Å². The highest BCUT2D eigenvalue weighted by Gasteiger charge is 2.27. The van der Waals surface area contributed by atoms with Gasteiger partial charge in [0.25, 0.3) is 0 Å². The van der Waals surface area contributed by atoms with Gasteiger partial charge in [-0.2, -0.15) is 0 Å². The molecule has 2 rings (SSSR count). The van der Waals surface area contributed by atoms with E-state index in [1.807, 2.05) is 0 Å². The number of carbonyl (C=O) groups excluding carboxylic acids is 2. The van der Waals surface area contributed by atoms with E-state index in [1.54, 1.807) is 6.07 Å². The van der Waals surface area contributed by atoms with Crippen LogP contribution in [0.2, 0.25) is 0 Å². The predicted molar refractivity (Wildman–Crippen MR) is 53.7 cm³/mol. The highest BCUT2D eigenvalue weighted by atomic mass is 16.6. The minimum Gasteiger partial charge on any atom is -0.507 e. The van der Waals surface area contributed by atoms with Crippen molar-refractivity contribution in [1.82, 2.24) is 0 Å². The van der Waals surface area contributed by atoms with E-state index in [4.69, 9.17) is 4.74 Å². The average Bonchev–Trinajstić information content (AvgIpc) is 2.58. The Labute approximate surface area is 90.9 Å². The van der Waals surface area contributed by atoms with Crippen LogP contribution in [0.5, 0.6) is 11.5 Å². The van der Waals surface area contributed by atoms with Gasteiger partial charge in [-0.1, -0.05) is 0 Å². The zero-order valence-electron chi connectivity index (χ0n) is 8.39. The maximum Gasteiger partial charge on any atom is 0.347 e. The van der Waals surface area contributed by atoms with Crippen LogP contribution in [0, 0.1) is 0 Å². The number of cyclic esters (lactones) is 2. The van der Waals surface area contributed by atoms with E-state index < -0.39 is 11.9 Å². The van der Waals surface area contributed by atoms with Gasteiger partial charge < -0.3 is 14.6 Å². The molecular formula is C11H8O5. The Morgan fingerprint density at radius 3 is 2.62 bits per heavy atom. The van der Waals surface area contributed by atoms with Crippen LogP contribution in [-0.2, 0) is 14.3 Å². The molecular weight excluding hydrogens is 212 g/mol. The van der Waals surface area contributed by atoms with Gasteiger partial charge in [0, 0.05) is 11.6 Å². The number of phenols is 1. The van der Waals surface area contributed by atoms with Gasteiger partial charge >= 0.3 is 11.9 Å². The lowest BCUT2D eigenvalue weighted by atomic mass is 10.1. The fourth-order valence-electron chi connectivity index (χ4n) is 1.40. The quantitative estimate of drug-likeness (QED) is 0.591. The van der Waals surface area contributed by atoms with Gasteiger partial charge in [0.1, 0.15) is 11.5 Å². The number of hydrogen-bond acceptors (Lipinski definition) is 5. The number of rotatable bonds is 2. The van der Waals surface area contributed by atoms with Crippen molar-refractivity contribution >= 4 is 17.5 Å². The van der Waals surface area contributed by atoms with Crippen LogP contribution >= 0.6 is 0 Å². The molecule has 0 radical (unpaired) electrons. The summed E-state index contributed by atoms with van der Waals surface area (Å²) >= 11 is 0. The third-order valence-electron chi connectivity index (χ3n) is 2.17. The van der Waals surface area contributed by atoms with Crippen molar-refractivity contribution in [1.29, 1.82) is 0 Å². The first-order valence-corrected chi connectivity index (χ1v) is 4.47. The summed E-state index contributed by atoms with van der Waals surface area (Å²) in [4.78, 5) is 22.1. The summed E-state index contributed by atoms with van der Waals surface area (Å²) in [5, 5.41) is 9.58. The van der Waals surface area contributed by atoms with Gasteiger partial charge in [-0.05, 0) is 18.2 Å². The predicted octanol–water partition coefficient (Wildman–Crippen LogP) is 0.868. The highest BCUT2D eigenvalue weighted by Crippen LogP contribution is 2.31. The van der Waals surface area contributed by atoms with Crippen molar-refractivity contribution in [3.8, 4) is 11.5 Å². The fourth-order valence-corrected chi connectivity index (χ4v) is 1.40. The normalized spacial score (nSPS) is 14.7. The van der Waals surface area contributed by atoms with Crippen molar-refractivity contribution < 1.29 is 24.2 Å². The first-order chi connectivity index (χ1) is 7.61. The molecule has 0 unspecified atom stereocenters. The van der Waals surface area contributed by atoms with Crippen LogP contribution in [0.15, 0.2) is 24.3 Å². The number of carbonyl (C=O) groups is 2. The Morgan fingerprint density at radius 1 is 1.31 bits per heavy atom. The van der Waals surface area contributed by atoms with Crippen molar-refractivity contribution in [2.24, 2.45) is 0 Å². The molecule has 1 aromatic rings. The lowest BCUT2D eigenvalue weighted by Gasteiger charge is -2.05. The van der Waals surface area contributed by atoms with Crippen molar-refractivity contribution in [2.45, 2.75) is 0 Å². The second-order valence-electron chi connectivity index (χ2n) is 3.15. The summed E-state index contributed by atoms with van der Waals surface area (Å²) < 4.78 is 9.29. The Balaban J connectivity index is 2.51. The lowest BCUT2D eigenvalue weighted by molar-refractivity contribution is -0.149. The van der Waals surface area contributed by atoms with E-state index in [-0.39, 0.29) is 16.9 Å². The maximum absolute atomic E-state index is 11.3. The van der Waals surface area contributed by atoms with Gasteiger partial charge in [-0.3, -0.25) is 0 Å². The van der Waals surface area contributed by atoms with Crippen LogP contribution in [-0.4, -0.2) is 24.2 Å². The number of aromatic hydroxyl groups is 1. The van der Waals surface area contributed by atoms with Gasteiger partial charge in [0.2, 0.25) is 0 Å². The molecule has 82 valence electrons. The first-order valence-electron chi connectivity index (χ1n) is 4.47. The smallest absolute Gasteiger partial charge is 0.347 e. The molecule has 1 aromatic carbocycles. The molecule has 5 nitrogen and oxygen atoms in total. The van der Waals surface area contributed by atoms with Crippen LogP contribution in [0.25, 0.3) is 5.57 Å². The second kappa shape index (κ2) is 3.69. The molecule has 1 aliphatic rings. The van der Waals surface area contributed by atoms with Gasteiger partial charge in [-0.15, -0.1) is 0 Å². The summed E-state index contributed by atoms with van der Waals surface area (Å²) in [7, 11) is 1.46. The number of ether oxygens (including phenoxy) is 2. The monoisotopic (exact) mass is 220 g/mol. The van der Waals surface area contributed by atoms with Crippen molar-refractivity contribution in [3.05, 3.63) is 29.8 Å². The van der Waals surface area contributed by atoms with E-state index in [0.717, 1.165) is 6.08 Å². The third-order valence-corrected chi connectivity index (χ3v) is 2.17. The number of esters is 2. The molecule has 5 heteroatoms. The standard InChI is InChI=1S/C11H8O5/c1-15-6-2-3-9(12)7(4-6)8-5-10(13)16-11(8)14/h2-5,12H,1H3. The SMILES string of the molecule is COc1ccc(O)c(C2=CC(=O)OC2=O)c1. The molecule has 0 fully saturated rings. The minimum atomic E-state index is -0.770. The maximum atomic E-state index is 11.3. The zero-order valence-corrected chi connectivity index (χ0v) is 8.39. The number of hydrogen-bond donors (Lipinski definition) is 1. The fraction of sp³-hybridized carbons (Fsp3) is 0.0909. The first kappa shape index (κ1) is 10.2.